The minimum absolute atomic E-state index is 0.00215. The van der Waals surface area contributed by atoms with Crippen LogP contribution in [-0.4, -0.2) is 136 Å². The number of epoxide rings is 1. The first-order chi connectivity index (χ1) is 31.8. The molecule has 5 amide bonds. The van der Waals surface area contributed by atoms with Crippen LogP contribution in [0.4, 0.5) is 10.5 Å². The molecule has 4 bridgehead atoms. The van der Waals surface area contributed by atoms with Gasteiger partial charge in [-0.2, -0.15) is 0 Å². The summed E-state index contributed by atoms with van der Waals surface area (Å²) in [6.45, 7) is 14.8. The lowest BCUT2D eigenvalue weighted by Crippen LogP contribution is -2.63. The molecule has 3 fully saturated rings. The van der Waals surface area contributed by atoms with Crippen LogP contribution >= 0.6 is 33.2 Å². The average Bonchev–Trinajstić information content (AvgIpc) is 3.90. The number of fused-ring (bicyclic) bond motifs is 5. The molecule has 4 heterocycles. The number of alkyl carbamates (subject to hydrolysis) is 1. The van der Waals surface area contributed by atoms with Crippen molar-refractivity contribution in [2.24, 2.45) is 11.8 Å². The molecule has 0 aliphatic carbocycles. The van der Waals surface area contributed by atoms with E-state index >= 15 is 0 Å². The Morgan fingerprint density at radius 2 is 1.79 bits per heavy atom. The fourth-order valence-electron chi connectivity index (χ4n) is 8.86. The predicted molar refractivity (Wildman–Crippen MR) is 262 cm³/mol. The van der Waals surface area contributed by atoms with Gasteiger partial charge in [0.2, 0.25) is 23.6 Å². The number of imide groups is 1. The number of esters is 1. The molecule has 16 nitrogen and oxygen atoms in total. The van der Waals surface area contributed by atoms with Crippen molar-refractivity contribution in [3.05, 3.63) is 52.1 Å². The van der Waals surface area contributed by atoms with Crippen molar-refractivity contribution in [3.63, 3.8) is 0 Å². The number of Topliss-reactive ketones (excluding diaryl/α,β-unsaturated/α-hetero) is 1. The van der Waals surface area contributed by atoms with E-state index in [1.807, 2.05) is 45.9 Å². The second kappa shape index (κ2) is 22.9. The molecule has 68 heavy (non-hydrogen) atoms. The number of hydrogen-bond donors (Lipinski definition) is 2. The maximum absolute atomic E-state index is 14.3. The number of halogens is 1. The molecule has 4 aliphatic rings. The number of allylic oxidation sites excluding steroid dienone is 3. The van der Waals surface area contributed by atoms with Gasteiger partial charge in [0.15, 0.2) is 5.72 Å². The number of aliphatic hydroxyl groups is 1. The van der Waals surface area contributed by atoms with Gasteiger partial charge in [-0.3, -0.25) is 34.2 Å². The molecule has 4 aliphatic heterocycles. The molecule has 9 atom stereocenters. The van der Waals surface area contributed by atoms with Gasteiger partial charge < -0.3 is 33.9 Å². The van der Waals surface area contributed by atoms with Crippen molar-refractivity contribution in [1.29, 1.82) is 0 Å². The van der Waals surface area contributed by atoms with Crippen LogP contribution in [0.5, 0.6) is 0 Å². The Labute approximate surface area is 413 Å². The molecule has 3 saturated heterocycles. The molecule has 2 N–H and O–H groups in total. The van der Waals surface area contributed by atoms with E-state index in [-0.39, 0.29) is 72.8 Å². The van der Waals surface area contributed by atoms with E-state index in [0.717, 1.165) is 16.7 Å². The highest BCUT2D eigenvalue weighted by molar-refractivity contribution is 8.77. The lowest BCUT2D eigenvalue weighted by Gasteiger charge is -2.42. The Morgan fingerprint density at radius 1 is 1.09 bits per heavy atom. The van der Waals surface area contributed by atoms with Gasteiger partial charge in [-0.15, -0.1) is 0 Å². The van der Waals surface area contributed by atoms with Crippen LogP contribution in [0.3, 0.4) is 0 Å². The highest BCUT2D eigenvalue weighted by Gasteiger charge is 2.64. The lowest BCUT2D eigenvalue weighted by atomic mass is 9.83. The molecule has 0 spiro atoms. The molecule has 1 aromatic carbocycles. The minimum atomic E-state index is -1.84. The fourth-order valence-corrected chi connectivity index (χ4v) is 11.8. The number of likely N-dealkylation sites (N-methyl/N-ethyl adjacent to an activating group) is 1. The number of methoxy groups -OCH3 is 1. The topological polar surface area (TPSA) is 202 Å². The van der Waals surface area contributed by atoms with Crippen LogP contribution < -0.4 is 10.2 Å². The van der Waals surface area contributed by atoms with Crippen LogP contribution in [0.2, 0.25) is 5.02 Å². The van der Waals surface area contributed by atoms with Crippen molar-refractivity contribution in [2.75, 3.05) is 38.4 Å². The predicted octanol–water partition coefficient (Wildman–Crippen LogP) is 6.89. The molecule has 1 unspecified atom stereocenters. The number of rotatable bonds is 16. The Kier molecular flexibility index (Phi) is 18.5. The number of hydrogen-bond acceptors (Lipinski definition) is 14. The van der Waals surface area contributed by atoms with Gasteiger partial charge in [0.25, 0.3) is 0 Å². The number of nitrogens with zero attached hydrogens (tertiary/aromatic N) is 3. The van der Waals surface area contributed by atoms with E-state index < -0.39 is 65.7 Å². The summed E-state index contributed by atoms with van der Waals surface area (Å²) >= 11 is 6.83. The number of likely N-dealkylation sites (tertiary alicyclic amines) is 1. The van der Waals surface area contributed by atoms with Gasteiger partial charge >= 0.3 is 12.1 Å². The molecule has 0 radical (unpaired) electrons. The molecule has 0 saturated carbocycles. The van der Waals surface area contributed by atoms with Crippen LogP contribution in [0.1, 0.15) is 111 Å². The van der Waals surface area contributed by atoms with Gasteiger partial charge in [-0.1, -0.05) is 76.9 Å². The zero-order chi connectivity index (χ0) is 50.5. The number of ketones is 1. The summed E-state index contributed by atoms with van der Waals surface area (Å²) in [7, 11) is 7.79. The van der Waals surface area contributed by atoms with Gasteiger partial charge in [0.1, 0.15) is 35.7 Å². The van der Waals surface area contributed by atoms with E-state index in [9.17, 15) is 38.7 Å². The number of nitrogens with one attached hydrogen (secondary N) is 1. The van der Waals surface area contributed by atoms with E-state index in [1.54, 1.807) is 68.5 Å². The Balaban J connectivity index is 1.24. The Hall–Kier alpha value is -3.94. The van der Waals surface area contributed by atoms with Crippen molar-refractivity contribution in [3.8, 4) is 0 Å². The smallest absolute Gasteiger partial charge is 0.409 e. The summed E-state index contributed by atoms with van der Waals surface area (Å²) in [6.07, 6.45) is 2.90. The third-order valence-corrected chi connectivity index (χ3v) is 17.4. The van der Waals surface area contributed by atoms with Gasteiger partial charge in [-0.25, -0.2) is 9.59 Å². The van der Waals surface area contributed by atoms with Crippen molar-refractivity contribution in [2.45, 2.75) is 160 Å². The molecule has 376 valence electrons. The van der Waals surface area contributed by atoms with E-state index in [4.69, 9.17) is 30.5 Å². The van der Waals surface area contributed by atoms with Crippen molar-refractivity contribution in [1.82, 2.24) is 15.1 Å². The van der Waals surface area contributed by atoms with E-state index in [0.29, 0.717) is 42.1 Å². The largest absolute Gasteiger partial charge is 0.457 e. The Morgan fingerprint density at radius 3 is 2.46 bits per heavy atom. The normalized spacial score (nSPS) is 29.6. The molecule has 0 aromatic heterocycles. The van der Waals surface area contributed by atoms with Gasteiger partial charge in [0, 0.05) is 82.2 Å². The number of carbonyl (C=O) groups excluding carboxylic acids is 7. The van der Waals surface area contributed by atoms with Crippen LogP contribution in [-0.2, 0) is 54.1 Å². The maximum Gasteiger partial charge on any atom is 0.409 e. The van der Waals surface area contributed by atoms with Crippen molar-refractivity contribution >= 4 is 80.4 Å². The zero-order valence-corrected chi connectivity index (χ0v) is 43.6. The first-order valence-corrected chi connectivity index (χ1v) is 25.9. The summed E-state index contributed by atoms with van der Waals surface area (Å²) < 4.78 is 23.6. The molecular weight excluding hydrogens is 936 g/mol. The van der Waals surface area contributed by atoms with Gasteiger partial charge in [-0.05, 0) is 78.0 Å². The maximum atomic E-state index is 14.3. The third-order valence-electron chi connectivity index (χ3n) is 13.5. The highest BCUT2D eigenvalue weighted by atomic mass is 35.5. The quantitative estimate of drug-likeness (QED) is 0.0570. The molecular formula is C49H69ClN4O12S2. The second-order valence-corrected chi connectivity index (χ2v) is 23.1. The van der Waals surface area contributed by atoms with E-state index in [2.05, 4.69) is 5.32 Å². The number of aryl methyl sites for hydroxylation is 1. The zero-order valence-electron chi connectivity index (χ0n) is 41.2. The number of anilines is 1. The molecule has 1 aromatic rings. The molecule has 19 heteroatoms. The Bertz CT molecular complexity index is 2170. The number of benzene rings is 1. The standard InChI is InChI=1S/C49H69ClN4O12S2/c1-28-14-12-16-37(63-11)49(62)27-36(64-46(61)51-49)31(4)43-48(8,66-43)38(26-40(57)53(10)35-25-33(22-28)23-29(2)42(35)50)65-45(60)32(5)52(9)39(56)17-19-47(6,7)68-67-21-13-15-34(55)18-20-54-41(58)24-30(3)44(54)59/h12,14,16,23,25,30-32,36-38,43,62H,13,15,17-22,24,26-27H2,1-11H3,(H,51,61)/b16-12+,28-14+/t30?,31-,32+,36+,37-,38+,43+,48+,49+/m1/s1. The van der Waals surface area contributed by atoms with E-state index in [1.165, 1.54) is 28.9 Å². The summed E-state index contributed by atoms with van der Waals surface area (Å²) in [6, 6.07) is 2.75. The van der Waals surface area contributed by atoms with Gasteiger partial charge in [0.05, 0.1) is 23.2 Å². The first kappa shape index (κ1) is 55.0. The van der Waals surface area contributed by atoms with Crippen molar-refractivity contribution < 1.29 is 57.6 Å². The number of amides is 5. The second-order valence-electron chi connectivity index (χ2n) is 19.6. The van der Waals surface area contributed by atoms with Crippen LogP contribution in [0, 0.1) is 18.8 Å². The fraction of sp³-hybridized carbons (Fsp3) is 0.653. The number of carbonyl (C=O) groups is 7. The van der Waals surface area contributed by atoms with Crippen LogP contribution in [0.25, 0.3) is 0 Å². The minimum Gasteiger partial charge on any atom is -0.457 e. The summed E-state index contributed by atoms with van der Waals surface area (Å²) in [5.41, 5.74) is 0.00506. The third kappa shape index (κ3) is 13.5. The monoisotopic (exact) mass is 1000 g/mol. The van der Waals surface area contributed by atoms with Crippen LogP contribution in [0.15, 0.2) is 35.9 Å². The summed E-state index contributed by atoms with van der Waals surface area (Å²) in [4.78, 5) is 95.5. The lowest BCUT2D eigenvalue weighted by molar-refractivity contribution is -0.162. The first-order valence-electron chi connectivity index (χ1n) is 23.2. The molecule has 5 rings (SSSR count). The summed E-state index contributed by atoms with van der Waals surface area (Å²) in [5.74, 6) is -2.06. The number of ether oxygens (including phenoxy) is 4. The highest BCUT2D eigenvalue weighted by Crippen LogP contribution is 2.49. The average molecular weight is 1010 g/mol. The summed E-state index contributed by atoms with van der Waals surface area (Å²) in [5, 5.41) is 14.7. The SMILES string of the molecule is CO[C@@H]1/C=C/C=C(\C)Cc2cc(C)c(Cl)c(c2)N(C)C(=O)C[C@H](OC(=O)[C@H](C)N(C)C(=O)CCC(C)(C)SSCCCC(=O)CCN2C(=O)CC(C)C2=O)[C@]2(C)O[C@H]2[C@H](C)[C@@H]2C[C@@]1(O)NC(=O)O2.